The van der Waals surface area contributed by atoms with Crippen LogP contribution >= 0.6 is 11.6 Å². The van der Waals surface area contributed by atoms with Crippen LogP contribution in [0.2, 0.25) is 5.15 Å². The van der Waals surface area contributed by atoms with Crippen LogP contribution in [0.4, 0.5) is 4.39 Å². The van der Waals surface area contributed by atoms with Gasteiger partial charge in [-0.05, 0) is 139 Å². The van der Waals surface area contributed by atoms with E-state index in [1.54, 1.807) is 61.4 Å². The predicted octanol–water partition coefficient (Wildman–Crippen LogP) is 17.2. The number of hydrogen-bond donors (Lipinski definition) is 0. The van der Waals surface area contributed by atoms with Gasteiger partial charge < -0.3 is 0 Å². The zero-order chi connectivity index (χ0) is 58.7. The quantitative estimate of drug-likeness (QED) is 0.134. The Hall–Kier alpha value is -6.79. The van der Waals surface area contributed by atoms with Gasteiger partial charge in [0.05, 0.1) is 26.5 Å². The van der Waals surface area contributed by atoms with Crippen molar-refractivity contribution in [1.29, 1.82) is 0 Å². The lowest BCUT2D eigenvalue weighted by molar-refractivity contribution is 0.571. The van der Waals surface area contributed by atoms with E-state index in [4.69, 9.17) is 14.3 Å². The molecule has 0 amide bonds. The van der Waals surface area contributed by atoms with E-state index in [1.807, 2.05) is 87.9 Å². The number of aromatic nitrogens is 11. The fourth-order valence-electron chi connectivity index (χ4n) is 5.91. The molecule has 0 saturated carbocycles. The highest BCUT2D eigenvalue weighted by molar-refractivity contribution is 6.29. The van der Waals surface area contributed by atoms with E-state index in [9.17, 15) is 4.39 Å². The first kappa shape index (κ1) is 63.5. The summed E-state index contributed by atoms with van der Waals surface area (Å²) in [6.07, 6.45) is 15.5. The smallest absolute Gasteiger partial charge is 0.213 e. The average molecular weight is 1050 g/mol. The first-order valence-corrected chi connectivity index (χ1v) is 26.5. The van der Waals surface area contributed by atoms with Gasteiger partial charge in [-0.3, -0.25) is 24.9 Å². The fraction of sp³-hybridized carbons (Fsp3) is 0.413. The molecule has 8 heterocycles. The minimum Gasteiger partial charge on any atom is -0.265 e. The molecule has 13 heteroatoms. The molecular weight excluding hydrogens is 965 g/mol. The molecule has 8 aromatic rings. The van der Waals surface area contributed by atoms with Gasteiger partial charge in [0.1, 0.15) is 11.0 Å². The van der Waals surface area contributed by atoms with Crippen molar-refractivity contribution < 1.29 is 7.13 Å². The third-order valence-electron chi connectivity index (χ3n) is 10.6. The number of nitrogens with zero attached hydrogens (tertiary/aromatic N) is 11. The largest absolute Gasteiger partial charge is 0.265 e. The lowest BCUT2D eigenvalue weighted by Gasteiger charge is -2.06. The van der Waals surface area contributed by atoms with Crippen LogP contribution in [0.15, 0.2) is 153 Å². The highest BCUT2D eigenvalue weighted by Gasteiger charge is 2.04. The first-order chi connectivity index (χ1) is 36.8. The van der Waals surface area contributed by atoms with E-state index in [0.29, 0.717) is 64.6 Å². The van der Waals surface area contributed by atoms with E-state index in [2.05, 4.69) is 165 Å². The van der Waals surface area contributed by atoms with Crippen molar-refractivity contribution in [3.05, 3.63) is 221 Å². The summed E-state index contributed by atoms with van der Waals surface area (Å²) in [6.45, 7) is 37.6. The summed E-state index contributed by atoms with van der Waals surface area (Å²) < 4.78 is 26.9. The van der Waals surface area contributed by atoms with Gasteiger partial charge in [0.15, 0.2) is 0 Å². The summed E-state index contributed by atoms with van der Waals surface area (Å²) in [5.74, 6) is 4.26. The van der Waals surface area contributed by atoms with Crippen molar-refractivity contribution in [1.82, 2.24) is 55.1 Å². The number of halogens is 2. The molecule has 8 rings (SSSR count). The molecule has 76 heavy (non-hydrogen) atoms. The van der Waals surface area contributed by atoms with Crippen LogP contribution in [0, 0.1) is 19.8 Å². The second-order valence-corrected chi connectivity index (χ2v) is 20.3. The number of pyridine rings is 5. The summed E-state index contributed by atoms with van der Waals surface area (Å²) in [6, 6.07) is 27.0. The van der Waals surface area contributed by atoms with Crippen LogP contribution in [-0.4, -0.2) is 55.1 Å². The number of rotatable bonds is 8. The van der Waals surface area contributed by atoms with E-state index < -0.39 is 5.95 Å². The SMILES string of the molecule is CC(C)c1cccc(F)n1.CC(C)c1cccnn1.CC(C)c1ccncc1.CC(C)c1cnc(Cl)cn1.Cc1ccnc(C(C)C)n1.Cc1ncccc1C(C)C.[2H]c1ccc(C(C)C)nc1.[2H]c1ccnc(C(C)C)c1. The number of aryl methyl sites for hydroxylation is 2. The maximum Gasteiger partial charge on any atom is 0.213 e. The summed E-state index contributed by atoms with van der Waals surface area (Å²) in [4.78, 5) is 36.4. The molecule has 0 fully saturated rings. The molecule has 0 N–H and O–H groups in total. The van der Waals surface area contributed by atoms with E-state index in [-0.39, 0.29) is 0 Å². The first-order valence-electron chi connectivity index (χ1n) is 27.2. The van der Waals surface area contributed by atoms with Gasteiger partial charge in [-0.1, -0.05) is 147 Å². The Morgan fingerprint density at radius 3 is 1.39 bits per heavy atom. The molecule has 0 spiro atoms. The molecule has 0 aromatic carbocycles. The summed E-state index contributed by atoms with van der Waals surface area (Å²) in [7, 11) is 0. The van der Waals surface area contributed by atoms with Crippen molar-refractivity contribution >= 4 is 11.6 Å². The lowest BCUT2D eigenvalue weighted by atomic mass is 10.0. The van der Waals surface area contributed by atoms with Crippen LogP contribution in [-0.2, 0) is 0 Å². The molecule has 11 nitrogen and oxygen atoms in total. The third-order valence-corrected chi connectivity index (χ3v) is 10.8. The van der Waals surface area contributed by atoms with Gasteiger partial charge in [-0.2, -0.15) is 14.6 Å². The maximum atomic E-state index is 12.4. The van der Waals surface area contributed by atoms with Crippen molar-refractivity contribution in [2.75, 3.05) is 0 Å². The second kappa shape index (κ2) is 38.7. The van der Waals surface area contributed by atoms with Crippen molar-refractivity contribution in [3.8, 4) is 0 Å². The molecule has 0 aliphatic rings. The summed E-state index contributed by atoms with van der Waals surface area (Å²) >= 11 is 5.54. The van der Waals surface area contributed by atoms with Crippen LogP contribution < -0.4 is 0 Å². The zero-order valence-corrected chi connectivity index (χ0v) is 49.3. The van der Waals surface area contributed by atoms with Crippen molar-refractivity contribution in [3.63, 3.8) is 0 Å². The normalized spacial score (nSPS) is 10.6. The molecule has 0 unspecified atom stereocenters. The molecule has 0 saturated heterocycles. The molecule has 8 aromatic heterocycles. The van der Waals surface area contributed by atoms with Gasteiger partial charge >= 0.3 is 0 Å². The minimum absolute atomic E-state index is 0.302. The molecule has 0 aliphatic heterocycles. The van der Waals surface area contributed by atoms with Gasteiger partial charge in [-0.25, -0.2) is 19.9 Å². The minimum atomic E-state index is -0.397. The summed E-state index contributed by atoms with van der Waals surface area (Å²) in [5, 5.41) is 8.13. The monoisotopic (exact) mass is 1050 g/mol. The topological polar surface area (TPSA) is 142 Å². The Balaban J connectivity index is 0.000000446. The average Bonchev–Trinajstić information content (AvgIpc) is 3.41. The highest BCUT2D eigenvalue weighted by atomic mass is 35.5. The van der Waals surface area contributed by atoms with E-state index in [0.717, 1.165) is 45.7 Å². The number of hydrogen-bond acceptors (Lipinski definition) is 11. The van der Waals surface area contributed by atoms with E-state index >= 15 is 0 Å². The van der Waals surface area contributed by atoms with Crippen LogP contribution in [0.1, 0.15) is 218 Å². The molecular formula is C63H87ClFN11. The molecule has 0 aliphatic carbocycles. The van der Waals surface area contributed by atoms with Gasteiger partial charge in [0.2, 0.25) is 5.95 Å². The Morgan fingerprint density at radius 1 is 0.421 bits per heavy atom. The zero-order valence-electron chi connectivity index (χ0n) is 50.6. The van der Waals surface area contributed by atoms with Crippen molar-refractivity contribution in [2.24, 2.45) is 0 Å². The molecule has 0 bridgehead atoms. The van der Waals surface area contributed by atoms with Crippen molar-refractivity contribution in [2.45, 2.75) is 172 Å². The van der Waals surface area contributed by atoms with E-state index in [1.165, 1.54) is 17.2 Å². The van der Waals surface area contributed by atoms with Gasteiger partial charge in [0, 0.05) is 77.8 Å². The third kappa shape index (κ3) is 30.5. The molecule has 0 radical (unpaired) electrons. The van der Waals surface area contributed by atoms with Gasteiger partial charge in [0.25, 0.3) is 0 Å². The van der Waals surface area contributed by atoms with Crippen LogP contribution in [0.25, 0.3) is 0 Å². The molecule has 0 atom stereocenters. The van der Waals surface area contributed by atoms with Crippen LogP contribution in [0.5, 0.6) is 0 Å². The van der Waals surface area contributed by atoms with Gasteiger partial charge in [-0.15, -0.1) is 0 Å². The Kier molecular flexibility index (Phi) is 32.3. The summed E-state index contributed by atoms with van der Waals surface area (Å²) in [5.41, 5.74) is 9.77. The predicted molar refractivity (Wildman–Crippen MR) is 314 cm³/mol. The standard InChI is InChI=1S/C9H13N.C8H10FN.C8H12N2.3C8H11N.C7H9ClN2.C7H10N2/c1-7(2)9-5-4-6-10-8(9)3;1-6(2)7-4-3-5-8(9)10-7;1-6(2)8-9-5-4-7(3)10-8;1-7(2)8-3-5-9-6-4-8;2*1-7(2)8-5-3-4-6-9-8;1-5(2)6-3-10-7(8)4-9-6;1-6(2)7-4-3-5-8-9-7/h4-7H,1-3H3;3-6H,1-2H3;4-6H,1-3H3;3*3-7H,1-2H3;3-5H,1-2H3;3-6H,1-2H3/i;;;;4D;3D;;. The van der Waals surface area contributed by atoms with Crippen LogP contribution in [0.3, 0.4) is 0 Å². The lowest BCUT2D eigenvalue weighted by Crippen LogP contribution is -1.97. The Labute approximate surface area is 464 Å². The maximum absolute atomic E-state index is 12.4. The highest BCUT2D eigenvalue weighted by Crippen LogP contribution is 2.16. The Morgan fingerprint density at radius 2 is 1.00 bits per heavy atom. The fourth-order valence-corrected chi connectivity index (χ4v) is 6.01. The second-order valence-electron chi connectivity index (χ2n) is 19.9. The Bertz CT molecular complexity index is 2570. The molecule has 408 valence electrons.